The highest BCUT2D eigenvalue weighted by atomic mass is 35.5. The number of aryl methyl sites for hydroxylation is 1. The highest BCUT2D eigenvalue weighted by Gasteiger charge is 2.22. The van der Waals surface area contributed by atoms with Crippen LogP contribution in [0.3, 0.4) is 0 Å². The molecule has 4 rings (SSSR count). The number of halogens is 1. The van der Waals surface area contributed by atoms with Gasteiger partial charge in [0.2, 0.25) is 0 Å². The molecule has 0 bridgehead atoms. The zero-order valence-corrected chi connectivity index (χ0v) is 25.4. The lowest BCUT2D eigenvalue weighted by Crippen LogP contribution is -2.29. The molecular weight excluding hydrogens is 524 g/mol. The van der Waals surface area contributed by atoms with Gasteiger partial charge in [0.15, 0.2) is 0 Å². The Hall–Kier alpha value is -3.75. The molecule has 0 saturated heterocycles. The van der Waals surface area contributed by atoms with E-state index >= 15 is 0 Å². The number of para-hydroxylation sites is 1. The van der Waals surface area contributed by atoms with Crippen LogP contribution in [0.15, 0.2) is 42.6 Å². The van der Waals surface area contributed by atoms with Crippen molar-refractivity contribution in [2.24, 2.45) is 0 Å². The van der Waals surface area contributed by atoms with Crippen molar-refractivity contribution >= 4 is 45.4 Å². The molecule has 2 heterocycles. The number of anilines is 4. The summed E-state index contributed by atoms with van der Waals surface area (Å²) in [5.41, 5.74) is 5.66. The van der Waals surface area contributed by atoms with Gasteiger partial charge in [-0.15, -0.1) is 0 Å². The lowest BCUT2D eigenvalue weighted by Gasteiger charge is -2.24. The molecule has 0 aliphatic carbocycles. The van der Waals surface area contributed by atoms with Gasteiger partial charge in [-0.2, -0.15) is 0 Å². The second-order valence-corrected chi connectivity index (χ2v) is 10.4. The number of pyridine rings is 2. The summed E-state index contributed by atoms with van der Waals surface area (Å²) < 4.78 is 11.3. The second kappa shape index (κ2) is 12.6. The number of methoxy groups -OCH3 is 2. The van der Waals surface area contributed by atoms with Crippen LogP contribution < -0.4 is 25.0 Å². The molecule has 0 fully saturated rings. The fourth-order valence-electron chi connectivity index (χ4n) is 4.84. The van der Waals surface area contributed by atoms with E-state index in [2.05, 4.69) is 67.6 Å². The summed E-state index contributed by atoms with van der Waals surface area (Å²) in [5.74, 6) is 2.86. The van der Waals surface area contributed by atoms with E-state index in [0.717, 1.165) is 81.4 Å². The zero-order chi connectivity index (χ0) is 29.0. The van der Waals surface area contributed by atoms with Crippen LogP contribution in [0.2, 0.25) is 5.02 Å². The topological polar surface area (TPSA) is 74.8 Å². The van der Waals surface area contributed by atoms with Crippen molar-refractivity contribution < 1.29 is 9.47 Å². The molecule has 212 valence electrons. The van der Waals surface area contributed by atoms with Crippen LogP contribution in [0.25, 0.3) is 22.0 Å². The van der Waals surface area contributed by atoms with Gasteiger partial charge in [0, 0.05) is 61.3 Å². The molecule has 2 N–H and O–H groups in total. The molecule has 4 aromatic rings. The van der Waals surface area contributed by atoms with Gasteiger partial charge < -0.3 is 29.9 Å². The Morgan fingerprint density at radius 3 is 2.40 bits per heavy atom. The van der Waals surface area contributed by atoms with Crippen molar-refractivity contribution in [3.63, 3.8) is 0 Å². The maximum absolute atomic E-state index is 6.93. The number of nitrogens with zero attached hydrogens (tertiary/aromatic N) is 4. The average Bonchev–Trinajstić information content (AvgIpc) is 2.95. The normalized spacial score (nSPS) is 11.2. The Labute approximate surface area is 242 Å². The number of fused-ring (bicyclic) bond motifs is 1. The summed E-state index contributed by atoms with van der Waals surface area (Å²) in [7, 11) is 11.4. The molecule has 0 aliphatic heterocycles. The van der Waals surface area contributed by atoms with Crippen molar-refractivity contribution in [1.82, 2.24) is 14.9 Å². The summed E-state index contributed by atoms with van der Waals surface area (Å²) in [5, 5.41) is 9.25. The third-order valence-electron chi connectivity index (χ3n) is 7.08. The Morgan fingerprint density at radius 1 is 1.00 bits per heavy atom. The summed E-state index contributed by atoms with van der Waals surface area (Å²) in [6.45, 7) is 5.83. The van der Waals surface area contributed by atoms with Gasteiger partial charge in [0.25, 0.3) is 0 Å². The Bertz CT molecular complexity index is 1510. The minimum atomic E-state index is 0.513. The van der Waals surface area contributed by atoms with Gasteiger partial charge in [-0.3, -0.25) is 0 Å². The lowest BCUT2D eigenvalue weighted by atomic mass is 9.98. The summed E-state index contributed by atoms with van der Waals surface area (Å²) >= 11 is 6.93. The Balaban J connectivity index is 1.93. The predicted octanol–water partition coefficient (Wildman–Crippen LogP) is 6.62. The number of hydrogen-bond acceptors (Lipinski definition) is 8. The highest BCUT2D eigenvalue weighted by Crippen LogP contribution is 2.44. The van der Waals surface area contributed by atoms with E-state index < -0.39 is 0 Å². The molecule has 0 spiro atoms. The Kier molecular flexibility index (Phi) is 9.22. The van der Waals surface area contributed by atoms with Crippen molar-refractivity contribution in [3.8, 4) is 22.8 Å². The van der Waals surface area contributed by atoms with Crippen LogP contribution >= 0.6 is 11.6 Å². The van der Waals surface area contributed by atoms with Crippen LogP contribution in [0.1, 0.15) is 18.1 Å². The van der Waals surface area contributed by atoms with Crippen molar-refractivity contribution in [2.45, 2.75) is 20.3 Å². The first-order chi connectivity index (χ1) is 19.2. The van der Waals surface area contributed by atoms with E-state index in [1.807, 2.05) is 37.5 Å². The van der Waals surface area contributed by atoms with E-state index in [1.54, 1.807) is 14.2 Å². The highest BCUT2D eigenvalue weighted by molar-refractivity contribution is 6.35. The van der Waals surface area contributed by atoms with E-state index in [9.17, 15) is 0 Å². The molecule has 0 atom stereocenters. The molecule has 9 heteroatoms. The number of ether oxygens (including phenoxy) is 2. The standard InChI is InChI=1S/C31H39ClN6O2/c1-9-21-25(39-7)17-26(40-8)29(32)28(21)24-15-20-18-34-27(36-30-19(2)11-10-12-23(30)33-3)16-22(20)31(35-24)38(6)14-13-37(4)5/h10-12,15-18,33H,9,13-14H2,1-8H3,(H,34,36). The molecule has 0 amide bonds. The van der Waals surface area contributed by atoms with Gasteiger partial charge in [-0.25, -0.2) is 9.97 Å². The molecule has 40 heavy (non-hydrogen) atoms. The number of likely N-dealkylation sites (N-methyl/N-ethyl adjacent to an activating group) is 2. The van der Waals surface area contributed by atoms with Crippen molar-refractivity contribution in [2.75, 3.05) is 71.0 Å². The first kappa shape index (κ1) is 29.2. The third kappa shape index (κ3) is 5.88. The predicted molar refractivity (Wildman–Crippen MR) is 168 cm³/mol. The van der Waals surface area contributed by atoms with E-state index in [0.29, 0.717) is 10.8 Å². The number of aromatic nitrogens is 2. The SMILES string of the molecule is CCc1c(OC)cc(OC)c(Cl)c1-c1cc2cnc(Nc3c(C)cccc3NC)cc2c(N(C)CCN(C)C)n1. The van der Waals surface area contributed by atoms with Gasteiger partial charge in [-0.1, -0.05) is 30.7 Å². The molecule has 0 aliphatic rings. The maximum Gasteiger partial charge on any atom is 0.141 e. The first-order valence-electron chi connectivity index (χ1n) is 13.4. The van der Waals surface area contributed by atoms with Crippen molar-refractivity contribution in [1.29, 1.82) is 0 Å². The van der Waals surface area contributed by atoms with Gasteiger partial charge >= 0.3 is 0 Å². The first-order valence-corrected chi connectivity index (χ1v) is 13.7. The van der Waals surface area contributed by atoms with Crippen LogP contribution in [0, 0.1) is 6.92 Å². The van der Waals surface area contributed by atoms with Crippen LogP contribution in [0.5, 0.6) is 11.5 Å². The van der Waals surface area contributed by atoms with Crippen molar-refractivity contribution in [3.05, 3.63) is 58.7 Å². The van der Waals surface area contributed by atoms with Gasteiger partial charge in [-0.05, 0) is 51.2 Å². The van der Waals surface area contributed by atoms with Gasteiger partial charge in [0.1, 0.15) is 23.1 Å². The lowest BCUT2D eigenvalue weighted by molar-refractivity contribution is 0.392. The third-order valence-corrected chi connectivity index (χ3v) is 7.46. The molecular formula is C31H39ClN6O2. The minimum Gasteiger partial charge on any atom is -0.496 e. The summed E-state index contributed by atoms with van der Waals surface area (Å²) in [4.78, 5) is 14.3. The molecule has 0 saturated carbocycles. The van der Waals surface area contributed by atoms with E-state index in [-0.39, 0.29) is 0 Å². The zero-order valence-electron chi connectivity index (χ0n) is 24.6. The molecule has 2 aromatic heterocycles. The molecule has 2 aromatic carbocycles. The van der Waals surface area contributed by atoms with Gasteiger partial charge in [0.05, 0.1) is 36.3 Å². The number of hydrogen-bond donors (Lipinski definition) is 2. The maximum atomic E-state index is 6.93. The largest absolute Gasteiger partial charge is 0.496 e. The monoisotopic (exact) mass is 562 g/mol. The Morgan fingerprint density at radius 2 is 1.75 bits per heavy atom. The number of rotatable bonds is 11. The average molecular weight is 563 g/mol. The van der Waals surface area contributed by atoms with Crippen LogP contribution in [0.4, 0.5) is 23.0 Å². The van der Waals surface area contributed by atoms with Crippen LogP contribution in [-0.2, 0) is 6.42 Å². The molecule has 0 unspecified atom stereocenters. The summed E-state index contributed by atoms with van der Waals surface area (Å²) in [6.07, 6.45) is 2.61. The number of nitrogens with one attached hydrogen (secondary N) is 2. The smallest absolute Gasteiger partial charge is 0.141 e. The summed E-state index contributed by atoms with van der Waals surface area (Å²) in [6, 6.07) is 12.1. The molecule has 8 nitrogen and oxygen atoms in total. The van der Waals surface area contributed by atoms with E-state index in [4.69, 9.17) is 31.0 Å². The fourth-order valence-corrected chi connectivity index (χ4v) is 5.18. The number of benzene rings is 2. The van der Waals surface area contributed by atoms with E-state index in [1.165, 1.54) is 0 Å². The van der Waals surface area contributed by atoms with Crippen LogP contribution in [-0.4, -0.2) is 70.4 Å². The second-order valence-electron chi connectivity index (χ2n) is 10.0. The fraction of sp³-hybridized carbons (Fsp3) is 0.355. The minimum absolute atomic E-state index is 0.513. The quantitative estimate of drug-likeness (QED) is 0.211. The molecule has 0 radical (unpaired) electrons.